The fraction of sp³-hybridized carbons (Fsp3) is 0.571. The van der Waals surface area contributed by atoms with Gasteiger partial charge in [0.05, 0.1) is 5.92 Å². The van der Waals surface area contributed by atoms with E-state index in [4.69, 9.17) is 4.52 Å². The van der Waals surface area contributed by atoms with Crippen LogP contribution in [0.1, 0.15) is 51.8 Å². The molecule has 0 aliphatic carbocycles. The Hall–Kier alpha value is -2.77. The van der Waals surface area contributed by atoms with Crippen LogP contribution in [0.25, 0.3) is 11.6 Å². The number of piperidine rings is 1. The van der Waals surface area contributed by atoms with Crippen molar-refractivity contribution < 1.29 is 14.1 Å². The van der Waals surface area contributed by atoms with Gasteiger partial charge >= 0.3 is 0 Å². The minimum Gasteiger partial charge on any atom is -0.342 e. The highest BCUT2D eigenvalue weighted by Crippen LogP contribution is 2.31. The van der Waals surface area contributed by atoms with E-state index < -0.39 is 0 Å². The molecule has 4 rings (SSSR count). The minimum absolute atomic E-state index is 0.0322. The van der Waals surface area contributed by atoms with Gasteiger partial charge in [0, 0.05) is 43.7 Å². The average molecular weight is 397 g/mol. The minimum atomic E-state index is -0.269. The molecular formula is C21H27N5O3. The Morgan fingerprint density at radius 3 is 2.76 bits per heavy atom. The Morgan fingerprint density at radius 2 is 2.07 bits per heavy atom. The smallest absolute Gasteiger partial charge is 0.276 e. The van der Waals surface area contributed by atoms with Crippen molar-refractivity contribution in [2.75, 3.05) is 19.6 Å². The van der Waals surface area contributed by atoms with E-state index in [0.29, 0.717) is 43.5 Å². The average Bonchev–Trinajstić information content (AvgIpc) is 3.35. The first kappa shape index (κ1) is 19.5. The predicted octanol–water partition coefficient (Wildman–Crippen LogP) is 2.48. The van der Waals surface area contributed by atoms with Crippen LogP contribution in [0.15, 0.2) is 28.9 Å². The number of carbonyl (C=O) groups excluding carboxylic acids is 2. The van der Waals surface area contributed by atoms with Gasteiger partial charge in [-0.2, -0.15) is 4.98 Å². The Kier molecular flexibility index (Phi) is 5.10. The quantitative estimate of drug-likeness (QED) is 0.790. The maximum Gasteiger partial charge on any atom is 0.276 e. The molecule has 4 heterocycles. The van der Waals surface area contributed by atoms with Crippen molar-refractivity contribution >= 4 is 11.8 Å². The number of aromatic nitrogens is 3. The van der Waals surface area contributed by atoms with Gasteiger partial charge in [-0.05, 0) is 45.7 Å². The van der Waals surface area contributed by atoms with Gasteiger partial charge in [0.15, 0.2) is 5.82 Å². The topological polar surface area (TPSA) is 92.4 Å². The van der Waals surface area contributed by atoms with Crippen LogP contribution in [0.4, 0.5) is 0 Å². The highest BCUT2D eigenvalue weighted by molar-refractivity contribution is 5.89. The zero-order chi connectivity index (χ0) is 20.6. The summed E-state index contributed by atoms with van der Waals surface area (Å²) in [5, 5.41) is 4.14. The molecule has 2 atom stereocenters. The van der Waals surface area contributed by atoms with E-state index in [-0.39, 0.29) is 29.2 Å². The van der Waals surface area contributed by atoms with E-state index in [1.54, 1.807) is 6.20 Å². The van der Waals surface area contributed by atoms with Crippen LogP contribution in [0.3, 0.4) is 0 Å². The molecule has 2 fully saturated rings. The van der Waals surface area contributed by atoms with Gasteiger partial charge in [0.2, 0.25) is 11.8 Å². The van der Waals surface area contributed by atoms with Gasteiger partial charge in [0.1, 0.15) is 5.69 Å². The largest absolute Gasteiger partial charge is 0.342 e. The zero-order valence-electron chi connectivity index (χ0n) is 17.2. The number of carbonyl (C=O) groups is 2. The number of rotatable bonds is 3. The molecule has 0 radical (unpaired) electrons. The monoisotopic (exact) mass is 397 g/mol. The van der Waals surface area contributed by atoms with Gasteiger partial charge < -0.3 is 14.3 Å². The van der Waals surface area contributed by atoms with Crippen molar-refractivity contribution in [3.63, 3.8) is 0 Å². The van der Waals surface area contributed by atoms with Crippen LogP contribution >= 0.6 is 0 Å². The lowest BCUT2D eigenvalue weighted by atomic mass is 9.95. The van der Waals surface area contributed by atoms with Crippen LogP contribution in [-0.4, -0.2) is 61.9 Å². The first-order valence-corrected chi connectivity index (χ1v) is 10.2. The molecule has 2 aromatic rings. The van der Waals surface area contributed by atoms with E-state index in [2.05, 4.69) is 15.1 Å². The predicted molar refractivity (Wildman–Crippen MR) is 106 cm³/mol. The zero-order valence-corrected chi connectivity index (χ0v) is 17.2. The Morgan fingerprint density at radius 1 is 1.24 bits per heavy atom. The van der Waals surface area contributed by atoms with Crippen molar-refractivity contribution in [2.45, 2.75) is 51.5 Å². The first-order valence-electron chi connectivity index (χ1n) is 10.2. The van der Waals surface area contributed by atoms with Crippen LogP contribution < -0.4 is 0 Å². The second-order valence-electron chi connectivity index (χ2n) is 8.87. The van der Waals surface area contributed by atoms with Gasteiger partial charge in [-0.25, -0.2) is 0 Å². The standard InChI is InChI=1S/C21H27N5O3/c1-21(2,3)26-13-15(11-17(26)27)20(28)25-10-6-7-14(12-25)18-23-19(29-24-18)16-8-4-5-9-22-16/h4-5,8-9,14-15H,6-7,10-13H2,1-3H3/t14-,15-/m0/s1. The van der Waals surface area contributed by atoms with E-state index in [1.807, 2.05) is 48.8 Å². The first-order chi connectivity index (χ1) is 13.8. The molecule has 2 aliphatic rings. The lowest BCUT2D eigenvalue weighted by Crippen LogP contribution is -2.45. The van der Waals surface area contributed by atoms with Gasteiger partial charge in [-0.3, -0.25) is 14.6 Å². The molecule has 0 aromatic carbocycles. The molecule has 2 saturated heterocycles. The van der Waals surface area contributed by atoms with Crippen molar-refractivity contribution in [2.24, 2.45) is 5.92 Å². The molecule has 8 nitrogen and oxygen atoms in total. The molecular weight excluding hydrogens is 370 g/mol. The van der Waals surface area contributed by atoms with Crippen LogP contribution in [0.2, 0.25) is 0 Å². The molecule has 0 bridgehead atoms. The van der Waals surface area contributed by atoms with Crippen LogP contribution in [0, 0.1) is 5.92 Å². The second kappa shape index (κ2) is 7.57. The fourth-order valence-corrected chi connectivity index (χ4v) is 4.16. The number of likely N-dealkylation sites (tertiary alicyclic amines) is 2. The van der Waals surface area contributed by atoms with Gasteiger partial charge in [-0.15, -0.1) is 0 Å². The molecule has 0 unspecified atom stereocenters. The molecule has 2 amide bonds. The fourth-order valence-electron chi connectivity index (χ4n) is 4.16. The lowest BCUT2D eigenvalue weighted by Gasteiger charge is -2.34. The Labute approximate surface area is 170 Å². The maximum atomic E-state index is 13.1. The molecule has 0 N–H and O–H groups in total. The number of hydrogen-bond acceptors (Lipinski definition) is 6. The van der Waals surface area contributed by atoms with Gasteiger partial charge in [0.25, 0.3) is 5.89 Å². The van der Waals surface area contributed by atoms with Crippen LogP contribution in [0.5, 0.6) is 0 Å². The van der Waals surface area contributed by atoms with E-state index >= 15 is 0 Å². The SMILES string of the molecule is CC(C)(C)N1C[C@@H](C(=O)N2CCC[C@H](c3noc(-c4ccccn4)n3)C2)CC1=O. The maximum absolute atomic E-state index is 13.1. The molecule has 154 valence electrons. The normalized spacial score (nSPS) is 22.9. The third kappa shape index (κ3) is 4.02. The van der Waals surface area contributed by atoms with Crippen molar-refractivity contribution in [3.8, 4) is 11.6 Å². The summed E-state index contributed by atoms with van der Waals surface area (Å²) in [5.74, 6) is 0.888. The molecule has 8 heteroatoms. The summed E-state index contributed by atoms with van der Waals surface area (Å²) in [6.07, 6.45) is 3.77. The second-order valence-corrected chi connectivity index (χ2v) is 8.87. The summed E-state index contributed by atoms with van der Waals surface area (Å²) >= 11 is 0. The molecule has 29 heavy (non-hydrogen) atoms. The van der Waals surface area contributed by atoms with Crippen molar-refractivity contribution in [1.29, 1.82) is 0 Å². The highest BCUT2D eigenvalue weighted by atomic mass is 16.5. The summed E-state index contributed by atoms with van der Waals surface area (Å²) in [6.45, 7) is 7.77. The summed E-state index contributed by atoms with van der Waals surface area (Å²) in [5.41, 5.74) is 0.380. The number of pyridine rings is 1. The third-order valence-electron chi connectivity index (χ3n) is 5.71. The van der Waals surface area contributed by atoms with E-state index in [9.17, 15) is 9.59 Å². The van der Waals surface area contributed by atoms with E-state index in [0.717, 1.165) is 12.8 Å². The summed E-state index contributed by atoms with van der Waals surface area (Å²) in [6, 6.07) is 5.53. The summed E-state index contributed by atoms with van der Waals surface area (Å²) in [7, 11) is 0. The molecule has 0 spiro atoms. The number of nitrogens with zero attached hydrogens (tertiary/aromatic N) is 5. The lowest BCUT2D eigenvalue weighted by molar-refractivity contribution is -0.137. The molecule has 2 aliphatic heterocycles. The molecule has 2 aromatic heterocycles. The number of hydrogen-bond donors (Lipinski definition) is 0. The van der Waals surface area contributed by atoms with Crippen molar-refractivity contribution in [1.82, 2.24) is 24.9 Å². The van der Waals surface area contributed by atoms with Gasteiger partial charge in [-0.1, -0.05) is 11.2 Å². The highest BCUT2D eigenvalue weighted by Gasteiger charge is 2.41. The van der Waals surface area contributed by atoms with Crippen molar-refractivity contribution in [3.05, 3.63) is 30.2 Å². The Balaban J connectivity index is 1.43. The third-order valence-corrected chi connectivity index (χ3v) is 5.71. The summed E-state index contributed by atoms with van der Waals surface area (Å²) < 4.78 is 5.39. The molecule has 0 saturated carbocycles. The Bertz CT molecular complexity index is 889. The number of amides is 2. The van der Waals surface area contributed by atoms with E-state index in [1.165, 1.54) is 0 Å². The van der Waals surface area contributed by atoms with Crippen LogP contribution in [-0.2, 0) is 9.59 Å². The summed E-state index contributed by atoms with van der Waals surface area (Å²) in [4.78, 5) is 37.9.